The highest BCUT2D eigenvalue weighted by atomic mass is 79.9. The van der Waals surface area contributed by atoms with Gasteiger partial charge >= 0.3 is 0 Å². The van der Waals surface area contributed by atoms with Gasteiger partial charge in [0, 0.05) is 23.1 Å². The van der Waals surface area contributed by atoms with Gasteiger partial charge in [0.05, 0.1) is 0 Å². The van der Waals surface area contributed by atoms with Gasteiger partial charge in [-0.1, -0.05) is 41.9 Å². The Morgan fingerprint density at radius 3 is 2.62 bits per heavy atom. The van der Waals surface area contributed by atoms with Gasteiger partial charge in [0.25, 0.3) is 5.91 Å². The Balaban J connectivity index is 2.45. The van der Waals surface area contributed by atoms with Gasteiger partial charge in [-0.05, 0) is 43.5 Å². The smallest absolute Gasteiger partial charge is 0.271 e. The summed E-state index contributed by atoms with van der Waals surface area (Å²) in [5, 5.41) is 7.11. The number of hydrogen-bond donors (Lipinski definition) is 2. The summed E-state index contributed by atoms with van der Waals surface area (Å²) in [7, 11) is 1.90. The van der Waals surface area contributed by atoms with Gasteiger partial charge in [0.15, 0.2) is 0 Å². The van der Waals surface area contributed by atoms with Crippen molar-refractivity contribution in [3.63, 3.8) is 0 Å². The minimum atomic E-state index is -0.180. The predicted molar refractivity (Wildman–Crippen MR) is 92.0 cm³/mol. The summed E-state index contributed by atoms with van der Waals surface area (Å²) < 4.78 is 0. The number of nitrogens with one attached hydrogen (secondary N) is 2. The second-order valence-corrected chi connectivity index (χ2v) is 6.46. The Morgan fingerprint density at radius 2 is 2.05 bits per heavy atom. The third-order valence-electron chi connectivity index (χ3n) is 3.16. The molecular formula is C16H24BrN3O. The van der Waals surface area contributed by atoms with Crippen LogP contribution >= 0.6 is 15.9 Å². The fourth-order valence-electron chi connectivity index (χ4n) is 1.90. The van der Waals surface area contributed by atoms with E-state index < -0.39 is 0 Å². The molecule has 2 atom stereocenters. The van der Waals surface area contributed by atoms with Crippen molar-refractivity contribution >= 4 is 28.1 Å². The summed E-state index contributed by atoms with van der Waals surface area (Å²) in [4.78, 5) is 12.4. The average Bonchev–Trinajstić information content (AvgIpc) is 2.48. The van der Waals surface area contributed by atoms with E-state index in [-0.39, 0.29) is 5.91 Å². The van der Waals surface area contributed by atoms with Crippen LogP contribution in [0.4, 0.5) is 0 Å². The number of benzene rings is 1. The van der Waals surface area contributed by atoms with Gasteiger partial charge in [0.2, 0.25) is 0 Å². The van der Waals surface area contributed by atoms with Crippen LogP contribution in [0, 0.1) is 5.92 Å². The molecule has 1 amide bonds. The van der Waals surface area contributed by atoms with Crippen LogP contribution in [0.1, 0.15) is 42.6 Å². The number of nitrogens with zero attached hydrogens (tertiary/aromatic N) is 1. The summed E-state index contributed by atoms with van der Waals surface area (Å²) in [6, 6.07) is 7.50. The molecule has 1 aromatic rings. The summed E-state index contributed by atoms with van der Waals surface area (Å²) in [5.41, 5.74) is 4.34. The number of alkyl halides is 1. The first-order valence-electron chi connectivity index (χ1n) is 7.28. The molecule has 21 heavy (non-hydrogen) atoms. The van der Waals surface area contributed by atoms with E-state index in [1.54, 1.807) is 6.21 Å². The Kier molecular flexibility index (Phi) is 8.23. The van der Waals surface area contributed by atoms with Crippen LogP contribution in [-0.4, -0.2) is 24.0 Å². The van der Waals surface area contributed by atoms with Crippen LogP contribution in [0.3, 0.4) is 0 Å². The van der Waals surface area contributed by atoms with E-state index >= 15 is 0 Å². The molecule has 0 bridgehead atoms. The normalized spacial score (nSPS) is 14.1. The van der Waals surface area contributed by atoms with E-state index in [1.165, 1.54) is 0 Å². The molecule has 2 unspecified atom stereocenters. The molecule has 0 aliphatic rings. The van der Waals surface area contributed by atoms with Gasteiger partial charge in [-0.3, -0.25) is 4.79 Å². The highest BCUT2D eigenvalue weighted by molar-refractivity contribution is 9.09. The molecule has 1 rings (SSSR count). The monoisotopic (exact) mass is 353 g/mol. The first kappa shape index (κ1) is 17.9. The molecule has 0 aliphatic heterocycles. The Labute approximate surface area is 135 Å². The maximum absolute atomic E-state index is 11.9. The SMILES string of the molecule is CCC(Br)CC(C)C=NNC(=O)c1ccc(CNC)cc1. The lowest BCUT2D eigenvalue weighted by molar-refractivity contribution is 0.0955. The van der Waals surface area contributed by atoms with Crippen LogP contribution in [0.2, 0.25) is 0 Å². The molecule has 0 spiro atoms. The van der Waals surface area contributed by atoms with Gasteiger partial charge in [-0.2, -0.15) is 5.10 Å². The molecule has 1 aromatic carbocycles. The van der Waals surface area contributed by atoms with Crippen molar-refractivity contribution in [3.05, 3.63) is 35.4 Å². The molecule has 2 N–H and O–H groups in total. The van der Waals surface area contributed by atoms with Gasteiger partial charge in [-0.15, -0.1) is 0 Å². The maximum Gasteiger partial charge on any atom is 0.271 e. The molecule has 0 saturated heterocycles. The van der Waals surface area contributed by atoms with E-state index in [2.05, 4.69) is 45.6 Å². The van der Waals surface area contributed by atoms with E-state index in [0.29, 0.717) is 16.3 Å². The summed E-state index contributed by atoms with van der Waals surface area (Å²) in [5.74, 6) is 0.146. The molecule has 0 aliphatic carbocycles. The Morgan fingerprint density at radius 1 is 1.38 bits per heavy atom. The van der Waals surface area contributed by atoms with E-state index in [1.807, 2.05) is 31.3 Å². The quantitative estimate of drug-likeness (QED) is 0.428. The van der Waals surface area contributed by atoms with Crippen molar-refractivity contribution in [2.75, 3.05) is 7.05 Å². The Hall–Kier alpha value is -1.20. The van der Waals surface area contributed by atoms with E-state index in [4.69, 9.17) is 0 Å². The second-order valence-electron chi connectivity index (χ2n) is 5.16. The second kappa shape index (κ2) is 9.68. The number of hydrazone groups is 1. The van der Waals surface area contributed by atoms with Crippen LogP contribution in [-0.2, 0) is 6.54 Å². The third-order valence-corrected chi connectivity index (χ3v) is 4.18. The topological polar surface area (TPSA) is 53.5 Å². The van der Waals surface area contributed by atoms with Crippen molar-refractivity contribution in [1.82, 2.24) is 10.7 Å². The zero-order valence-electron chi connectivity index (χ0n) is 12.9. The zero-order valence-corrected chi connectivity index (χ0v) is 14.5. The first-order valence-corrected chi connectivity index (χ1v) is 8.19. The fourth-order valence-corrected chi connectivity index (χ4v) is 2.49. The van der Waals surface area contributed by atoms with Crippen molar-refractivity contribution in [2.45, 2.75) is 38.1 Å². The van der Waals surface area contributed by atoms with Crippen LogP contribution in [0.15, 0.2) is 29.4 Å². The number of hydrogen-bond acceptors (Lipinski definition) is 3. The fraction of sp³-hybridized carbons (Fsp3) is 0.500. The molecule has 0 fully saturated rings. The number of carbonyl (C=O) groups is 1. The Bertz CT molecular complexity index is 459. The number of rotatable bonds is 8. The van der Waals surface area contributed by atoms with E-state index in [9.17, 15) is 4.79 Å². The van der Waals surface area contributed by atoms with Crippen molar-refractivity contribution < 1.29 is 4.79 Å². The van der Waals surface area contributed by atoms with Crippen molar-refractivity contribution in [2.24, 2.45) is 11.0 Å². The number of halogens is 1. The predicted octanol–water partition coefficient (Wildman–Crippen LogP) is 3.32. The molecule has 0 radical (unpaired) electrons. The molecular weight excluding hydrogens is 330 g/mol. The molecule has 0 heterocycles. The molecule has 4 nitrogen and oxygen atoms in total. The lowest BCUT2D eigenvalue weighted by atomic mass is 10.1. The minimum absolute atomic E-state index is 0.180. The lowest BCUT2D eigenvalue weighted by Crippen LogP contribution is -2.18. The van der Waals surface area contributed by atoms with Crippen LogP contribution in [0.25, 0.3) is 0 Å². The van der Waals surface area contributed by atoms with Gasteiger partial charge < -0.3 is 5.32 Å². The number of amides is 1. The molecule has 5 heteroatoms. The van der Waals surface area contributed by atoms with Crippen molar-refractivity contribution in [1.29, 1.82) is 0 Å². The summed E-state index contributed by atoms with van der Waals surface area (Å²) in [6.45, 7) is 5.03. The summed E-state index contributed by atoms with van der Waals surface area (Å²) in [6.07, 6.45) is 3.88. The van der Waals surface area contributed by atoms with Gasteiger partial charge in [-0.25, -0.2) is 5.43 Å². The third kappa shape index (κ3) is 6.87. The van der Waals surface area contributed by atoms with Crippen LogP contribution in [0.5, 0.6) is 0 Å². The minimum Gasteiger partial charge on any atom is -0.316 e. The maximum atomic E-state index is 11.9. The van der Waals surface area contributed by atoms with Crippen LogP contribution < -0.4 is 10.7 Å². The molecule has 0 saturated carbocycles. The summed E-state index contributed by atoms with van der Waals surface area (Å²) >= 11 is 3.60. The van der Waals surface area contributed by atoms with Crippen molar-refractivity contribution in [3.8, 4) is 0 Å². The molecule has 0 aromatic heterocycles. The average molecular weight is 354 g/mol. The standard InChI is InChI=1S/C16H24BrN3O/c1-4-15(17)9-12(2)10-19-20-16(21)14-7-5-13(6-8-14)11-18-3/h5-8,10,12,15,18H,4,9,11H2,1-3H3,(H,20,21). The number of carbonyl (C=O) groups excluding carboxylic acids is 1. The van der Waals surface area contributed by atoms with E-state index in [0.717, 1.165) is 24.9 Å². The highest BCUT2D eigenvalue weighted by Gasteiger charge is 2.07. The highest BCUT2D eigenvalue weighted by Crippen LogP contribution is 2.14. The lowest BCUT2D eigenvalue weighted by Gasteiger charge is -2.09. The largest absolute Gasteiger partial charge is 0.316 e. The molecule has 116 valence electrons. The van der Waals surface area contributed by atoms with Gasteiger partial charge in [0.1, 0.15) is 0 Å². The zero-order chi connectivity index (χ0) is 15.7. The first-order chi connectivity index (χ1) is 10.1.